The number of benzene rings is 2. The minimum absolute atomic E-state index is 0.130. The van der Waals surface area contributed by atoms with Gasteiger partial charge in [-0.05, 0) is 24.3 Å². The topological polar surface area (TPSA) is 61.6 Å². The predicted octanol–water partition coefficient (Wildman–Crippen LogP) is 4.91. The normalized spacial score (nSPS) is 11.1. The molecule has 0 aliphatic heterocycles. The van der Waals surface area contributed by atoms with Crippen LogP contribution in [0.4, 0.5) is 14.5 Å². The van der Waals surface area contributed by atoms with Crippen LogP contribution < -0.4 is 9.47 Å². The first-order chi connectivity index (χ1) is 10.3. The van der Waals surface area contributed by atoms with Gasteiger partial charge in [-0.15, -0.1) is 8.78 Å². The Kier molecular flexibility index (Phi) is 4.68. The van der Waals surface area contributed by atoms with E-state index in [1.165, 1.54) is 18.2 Å². The summed E-state index contributed by atoms with van der Waals surface area (Å²) in [5.74, 6) is -0.772. The molecule has 0 amide bonds. The summed E-state index contributed by atoms with van der Waals surface area (Å²) >= 11 is 11.4. The van der Waals surface area contributed by atoms with Crippen LogP contribution in [0.15, 0.2) is 42.5 Å². The Labute approximate surface area is 133 Å². The summed E-state index contributed by atoms with van der Waals surface area (Å²) in [4.78, 5) is 9.85. The van der Waals surface area contributed by atoms with Gasteiger partial charge in [0.05, 0.1) is 16.0 Å². The molecule has 0 aromatic heterocycles. The average Bonchev–Trinajstić information content (AvgIpc) is 2.41. The SMILES string of the molecule is O=[N+]([O-])c1cccc(OC(F)(F)Oc2ccc(Cl)cc2Cl)c1. The Balaban J connectivity index is 2.16. The number of nitrogens with zero attached hydrogens (tertiary/aromatic N) is 1. The molecule has 22 heavy (non-hydrogen) atoms. The van der Waals surface area contributed by atoms with E-state index in [4.69, 9.17) is 23.2 Å². The molecule has 0 atom stereocenters. The highest BCUT2D eigenvalue weighted by molar-refractivity contribution is 6.35. The molecule has 0 N–H and O–H groups in total. The third-order valence-electron chi connectivity index (χ3n) is 2.39. The van der Waals surface area contributed by atoms with Crippen LogP contribution in [0.3, 0.4) is 0 Å². The van der Waals surface area contributed by atoms with Gasteiger partial charge in [0.2, 0.25) is 0 Å². The molecular weight excluding hydrogens is 343 g/mol. The number of nitro benzene ring substituents is 1. The molecule has 0 aliphatic rings. The molecule has 0 saturated carbocycles. The van der Waals surface area contributed by atoms with Crippen molar-refractivity contribution >= 4 is 28.9 Å². The molecule has 0 spiro atoms. The van der Waals surface area contributed by atoms with Crippen molar-refractivity contribution in [1.82, 2.24) is 0 Å². The van der Waals surface area contributed by atoms with Crippen molar-refractivity contribution < 1.29 is 23.2 Å². The van der Waals surface area contributed by atoms with Crippen molar-refractivity contribution in [2.45, 2.75) is 6.29 Å². The highest BCUT2D eigenvalue weighted by Gasteiger charge is 2.37. The molecule has 0 bridgehead atoms. The quantitative estimate of drug-likeness (QED) is 0.437. The van der Waals surface area contributed by atoms with E-state index in [-0.39, 0.29) is 15.8 Å². The standard InChI is InChI=1S/C13H7Cl2F2NO4/c14-8-4-5-12(11(15)6-8)22-13(16,17)21-10-3-1-2-9(7-10)18(19)20/h1-7H. The van der Waals surface area contributed by atoms with Crippen LogP contribution in [0, 0.1) is 10.1 Å². The van der Waals surface area contributed by atoms with Gasteiger partial charge in [-0.1, -0.05) is 29.3 Å². The predicted molar refractivity (Wildman–Crippen MR) is 75.8 cm³/mol. The Bertz CT molecular complexity index is 712. The molecule has 116 valence electrons. The van der Waals surface area contributed by atoms with Gasteiger partial charge in [-0.3, -0.25) is 10.1 Å². The van der Waals surface area contributed by atoms with Crippen molar-refractivity contribution in [3.63, 3.8) is 0 Å². The number of nitro groups is 1. The summed E-state index contributed by atoms with van der Waals surface area (Å²) in [6, 6.07) is 8.01. The zero-order valence-corrected chi connectivity index (χ0v) is 12.1. The third-order valence-corrected chi connectivity index (χ3v) is 2.92. The third kappa shape index (κ3) is 4.19. The van der Waals surface area contributed by atoms with Gasteiger partial charge >= 0.3 is 6.29 Å². The zero-order valence-electron chi connectivity index (χ0n) is 10.6. The smallest absolute Gasteiger partial charge is 0.399 e. The van der Waals surface area contributed by atoms with Gasteiger partial charge in [0, 0.05) is 11.1 Å². The van der Waals surface area contributed by atoms with E-state index in [0.29, 0.717) is 0 Å². The Hall–Kier alpha value is -2.12. The second kappa shape index (κ2) is 6.33. The lowest BCUT2D eigenvalue weighted by Gasteiger charge is -2.18. The van der Waals surface area contributed by atoms with E-state index in [9.17, 15) is 18.9 Å². The van der Waals surface area contributed by atoms with Crippen molar-refractivity contribution in [1.29, 1.82) is 0 Å². The molecule has 0 saturated heterocycles. The van der Waals surface area contributed by atoms with Crippen molar-refractivity contribution in [2.75, 3.05) is 0 Å². The number of hydrogen-bond acceptors (Lipinski definition) is 4. The molecular formula is C13H7Cl2F2NO4. The molecule has 0 unspecified atom stereocenters. The molecule has 9 heteroatoms. The minimum atomic E-state index is -4.08. The lowest BCUT2D eigenvalue weighted by atomic mass is 10.3. The molecule has 0 radical (unpaired) electrons. The van der Waals surface area contributed by atoms with Crippen LogP contribution >= 0.6 is 23.2 Å². The molecule has 0 aliphatic carbocycles. The second-order valence-corrected chi connectivity index (χ2v) is 4.84. The van der Waals surface area contributed by atoms with Gasteiger partial charge in [0.25, 0.3) is 5.69 Å². The summed E-state index contributed by atoms with van der Waals surface area (Å²) in [5, 5.41) is 10.7. The van der Waals surface area contributed by atoms with Crippen molar-refractivity contribution in [3.05, 3.63) is 62.6 Å². The maximum atomic E-state index is 13.7. The van der Waals surface area contributed by atoms with Gasteiger partial charge in [0.1, 0.15) is 11.5 Å². The maximum absolute atomic E-state index is 13.7. The first-order valence-electron chi connectivity index (χ1n) is 5.72. The van der Waals surface area contributed by atoms with Crippen LogP contribution in [0.5, 0.6) is 11.5 Å². The van der Waals surface area contributed by atoms with E-state index < -0.39 is 22.7 Å². The summed E-state index contributed by atoms with van der Waals surface area (Å²) in [5.41, 5.74) is -0.391. The fourth-order valence-corrected chi connectivity index (χ4v) is 1.95. The van der Waals surface area contributed by atoms with E-state index in [0.717, 1.165) is 24.3 Å². The molecule has 0 heterocycles. The number of rotatable bonds is 5. The monoisotopic (exact) mass is 349 g/mol. The molecule has 2 aromatic carbocycles. The second-order valence-electron chi connectivity index (χ2n) is 4.00. The fraction of sp³-hybridized carbons (Fsp3) is 0.0769. The molecule has 5 nitrogen and oxygen atoms in total. The number of hydrogen-bond donors (Lipinski definition) is 0. The van der Waals surface area contributed by atoms with Gasteiger partial charge in [0.15, 0.2) is 0 Å². The first-order valence-corrected chi connectivity index (χ1v) is 6.48. The summed E-state index contributed by atoms with van der Waals surface area (Å²) in [6.07, 6.45) is -4.08. The van der Waals surface area contributed by atoms with Crippen LogP contribution in [0.2, 0.25) is 10.0 Å². The van der Waals surface area contributed by atoms with E-state index in [1.54, 1.807) is 0 Å². The van der Waals surface area contributed by atoms with Crippen molar-refractivity contribution in [3.8, 4) is 11.5 Å². The largest absolute Gasteiger partial charge is 0.586 e. The van der Waals surface area contributed by atoms with E-state index in [1.807, 2.05) is 0 Å². The Morgan fingerprint density at radius 3 is 2.45 bits per heavy atom. The summed E-state index contributed by atoms with van der Waals surface area (Å²) < 4.78 is 36.1. The molecule has 0 fully saturated rings. The molecule has 2 rings (SSSR count). The van der Waals surface area contributed by atoms with Gasteiger partial charge < -0.3 is 9.47 Å². The van der Waals surface area contributed by atoms with Gasteiger partial charge in [-0.25, -0.2) is 0 Å². The number of ether oxygens (including phenoxy) is 2. The van der Waals surface area contributed by atoms with E-state index in [2.05, 4.69) is 9.47 Å². The summed E-state index contributed by atoms with van der Waals surface area (Å²) in [7, 11) is 0. The maximum Gasteiger partial charge on any atom is 0.586 e. The molecule has 2 aromatic rings. The highest BCUT2D eigenvalue weighted by atomic mass is 35.5. The highest BCUT2D eigenvalue weighted by Crippen LogP contribution is 2.33. The van der Waals surface area contributed by atoms with Crippen molar-refractivity contribution in [2.24, 2.45) is 0 Å². The van der Waals surface area contributed by atoms with E-state index >= 15 is 0 Å². The van der Waals surface area contributed by atoms with Crippen LogP contribution in [-0.4, -0.2) is 11.2 Å². The number of halogens is 4. The van der Waals surface area contributed by atoms with Gasteiger partial charge in [-0.2, -0.15) is 0 Å². The summed E-state index contributed by atoms with van der Waals surface area (Å²) in [6.45, 7) is 0. The van der Waals surface area contributed by atoms with Crippen LogP contribution in [0.25, 0.3) is 0 Å². The lowest BCUT2D eigenvalue weighted by Crippen LogP contribution is -2.32. The Morgan fingerprint density at radius 2 is 1.82 bits per heavy atom. The zero-order chi connectivity index (χ0) is 16.3. The van der Waals surface area contributed by atoms with Crippen LogP contribution in [-0.2, 0) is 0 Å². The first kappa shape index (κ1) is 16.3. The Morgan fingerprint density at radius 1 is 1.09 bits per heavy atom. The lowest BCUT2D eigenvalue weighted by molar-refractivity contribution is -0.385. The minimum Gasteiger partial charge on any atom is -0.399 e. The average molecular weight is 350 g/mol. The number of alkyl halides is 2. The van der Waals surface area contributed by atoms with Crippen LogP contribution in [0.1, 0.15) is 0 Å². The fourth-order valence-electron chi connectivity index (χ4n) is 1.50. The number of non-ortho nitro benzene ring substituents is 1.